The number of amides is 1. The van der Waals surface area contributed by atoms with Crippen molar-refractivity contribution in [3.8, 4) is 17.1 Å². The average Bonchev–Trinajstić information content (AvgIpc) is 3.20. The standard InChI is InChI=1S/C22H16BrN5O3/c1-14-5-2-3-8-19(14)27-21(15-9-11-16(23)12-10-15)25-20(26-27)22(29)24-17-6-4-7-18(13-17)28(30)31/h2-13H,1H3,(H,24,29). The summed E-state index contributed by atoms with van der Waals surface area (Å²) in [6, 6.07) is 20.9. The first-order valence-corrected chi connectivity index (χ1v) is 10.1. The number of aromatic nitrogens is 3. The van der Waals surface area contributed by atoms with Crippen LogP contribution in [-0.4, -0.2) is 25.6 Å². The number of hydrogen-bond acceptors (Lipinski definition) is 5. The Morgan fingerprint density at radius 2 is 1.81 bits per heavy atom. The molecule has 4 aromatic rings. The SMILES string of the molecule is Cc1ccccc1-n1nc(C(=O)Nc2cccc([N+](=O)[O-])c2)nc1-c1ccc(Br)cc1. The van der Waals surface area contributed by atoms with Gasteiger partial charge in [-0.1, -0.05) is 52.3 Å². The smallest absolute Gasteiger partial charge is 0.295 e. The molecule has 1 N–H and O–H groups in total. The van der Waals surface area contributed by atoms with E-state index in [1.807, 2.05) is 55.5 Å². The summed E-state index contributed by atoms with van der Waals surface area (Å²) in [5, 5.41) is 18.1. The van der Waals surface area contributed by atoms with Gasteiger partial charge >= 0.3 is 0 Å². The second-order valence-corrected chi connectivity index (χ2v) is 7.64. The fourth-order valence-electron chi connectivity index (χ4n) is 3.05. The van der Waals surface area contributed by atoms with E-state index in [1.165, 1.54) is 18.2 Å². The third-order valence-electron chi connectivity index (χ3n) is 4.57. The third-order valence-corrected chi connectivity index (χ3v) is 5.10. The number of nitrogens with zero attached hydrogens (tertiary/aromatic N) is 4. The Kier molecular flexibility index (Phi) is 5.59. The predicted molar refractivity (Wildman–Crippen MR) is 120 cm³/mol. The van der Waals surface area contributed by atoms with Gasteiger partial charge in [-0.3, -0.25) is 14.9 Å². The van der Waals surface area contributed by atoms with Crippen molar-refractivity contribution in [3.63, 3.8) is 0 Å². The minimum atomic E-state index is -0.564. The van der Waals surface area contributed by atoms with E-state index in [-0.39, 0.29) is 17.2 Å². The van der Waals surface area contributed by atoms with Gasteiger partial charge in [0.15, 0.2) is 5.82 Å². The Hall–Kier alpha value is -3.85. The minimum Gasteiger partial charge on any atom is -0.319 e. The van der Waals surface area contributed by atoms with Gasteiger partial charge in [-0.15, -0.1) is 5.10 Å². The fraction of sp³-hybridized carbons (Fsp3) is 0.0455. The lowest BCUT2D eigenvalue weighted by molar-refractivity contribution is -0.384. The number of para-hydroxylation sites is 1. The van der Waals surface area contributed by atoms with Crippen LogP contribution >= 0.6 is 15.9 Å². The molecule has 1 heterocycles. The van der Waals surface area contributed by atoms with Crippen LogP contribution in [0.2, 0.25) is 0 Å². The van der Waals surface area contributed by atoms with Crippen LogP contribution in [0.3, 0.4) is 0 Å². The van der Waals surface area contributed by atoms with E-state index in [0.717, 1.165) is 21.3 Å². The van der Waals surface area contributed by atoms with Crippen molar-refractivity contribution in [1.82, 2.24) is 14.8 Å². The molecule has 4 rings (SSSR count). The summed E-state index contributed by atoms with van der Waals surface area (Å²) in [5.74, 6) is -0.107. The van der Waals surface area contributed by atoms with Crippen molar-refractivity contribution in [2.75, 3.05) is 5.32 Å². The number of nitro groups is 1. The van der Waals surface area contributed by atoms with Crippen molar-refractivity contribution < 1.29 is 9.72 Å². The minimum absolute atomic E-state index is 0.0484. The summed E-state index contributed by atoms with van der Waals surface area (Å²) in [6.45, 7) is 1.95. The molecule has 0 radical (unpaired) electrons. The summed E-state index contributed by atoms with van der Waals surface area (Å²) in [5.41, 5.74) is 2.72. The zero-order valence-corrected chi connectivity index (χ0v) is 17.9. The first-order valence-electron chi connectivity index (χ1n) is 9.27. The van der Waals surface area contributed by atoms with Gasteiger partial charge in [0.2, 0.25) is 5.82 Å². The molecule has 0 aliphatic rings. The highest BCUT2D eigenvalue weighted by atomic mass is 79.9. The molecule has 3 aromatic carbocycles. The Labute approximate surface area is 185 Å². The largest absolute Gasteiger partial charge is 0.319 e. The molecule has 0 saturated carbocycles. The number of aryl methyl sites for hydroxylation is 1. The summed E-state index contributed by atoms with van der Waals surface area (Å²) in [6.07, 6.45) is 0. The van der Waals surface area contributed by atoms with Gasteiger partial charge in [-0.25, -0.2) is 9.67 Å². The first kappa shape index (κ1) is 20.4. The number of nitrogens with one attached hydrogen (secondary N) is 1. The maximum atomic E-state index is 12.8. The Morgan fingerprint density at radius 1 is 1.06 bits per heavy atom. The highest BCUT2D eigenvalue weighted by Gasteiger charge is 2.20. The summed E-state index contributed by atoms with van der Waals surface area (Å²) in [7, 11) is 0. The molecule has 31 heavy (non-hydrogen) atoms. The van der Waals surface area contributed by atoms with Crippen LogP contribution in [0, 0.1) is 17.0 Å². The Morgan fingerprint density at radius 3 is 2.52 bits per heavy atom. The summed E-state index contributed by atoms with van der Waals surface area (Å²) < 4.78 is 2.54. The number of anilines is 1. The molecule has 1 aromatic heterocycles. The van der Waals surface area contributed by atoms with Gasteiger partial charge in [-0.05, 0) is 36.8 Å². The van der Waals surface area contributed by atoms with Crippen molar-refractivity contribution in [2.45, 2.75) is 6.92 Å². The Balaban J connectivity index is 1.75. The molecule has 9 heteroatoms. The molecule has 0 atom stereocenters. The molecule has 0 saturated heterocycles. The van der Waals surface area contributed by atoms with Gasteiger partial charge in [0, 0.05) is 27.9 Å². The lowest BCUT2D eigenvalue weighted by Gasteiger charge is -2.08. The molecular weight excluding hydrogens is 462 g/mol. The van der Waals surface area contributed by atoms with E-state index < -0.39 is 10.8 Å². The van der Waals surface area contributed by atoms with Crippen LogP contribution < -0.4 is 5.32 Å². The molecular formula is C22H16BrN5O3. The number of hydrogen-bond donors (Lipinski definition) is 1. The van der Waals surface area contributed by atoms with E-state index in [1.54, 1.807) is 10.7 Å². The molecule has 0 unspecified atom stereocenters. The van der Waals surface area contributed by atoms with Crippen molar-refractivity contribution >= 4 is 33.2 Å². The molecule has 0 aliphatic carbocycles. The number of nitro benzene ring substituents is 1. The van der Waals surface area contributed by atoms with Gasteiger partial charge in [0.1, 0.15) is 0 Å². The average molecular weight is 478 g/mol. The zero-order chi connectivity index (χ0) is 22.0. The quantitative estimate of drug-likeness (QED) is 0.315. The van der Waals surface area contributed by atoms with Gasteiger partial charge in [0.25, 0.3) is 11.6 Å². The number of carbonyl (C=O) groups is 1. The van der Waals surface area contributed by atoms with Crippen LogP contribution in [0.4, 0.5) is 11.4 Å². The lowest BCUT2D eigenvalue weighted by atomic mass is 10.2. The van der Waals surface area contributed by atoms with Crippen LogP contribution in [0.5, 0.6) is 0 Å². The highest BCUT2D eigenvalue weighted by molar-refractivity contribution is 9.10. The topological polar surface area (TPSA) is 103 Å². The van der Waals surface area contributed by atoms with Crippen molar-refractivity contribution in [3.05, 3.63) is 98.8 Å². The molecule has 0 bridgehead atoms. The molecule has 0 aliphatic heterocycles. The fourth-order valence-corrected chi connectivity index (χ4v) is 3.31. The van der Waals surface area contributed by atoms with Crippen LogP contribution in [-0.2, 0) is 0 Å². The number of halogens is 1. The van der Waals surface area contributed by atoms with E-state index in [2.05, 4.69) is 31.3 Å². The number of carbonyl (C=O) groups excluding carboxylic acids is 1. The molecule has 0 fully saturated rings. The summed E-state index contributed by atoms with van der Waals surface area (Å²) >= 11 is 3.42. The normalized spacial score (nSPS) is 10.6. The molecule has 0 spiro atoms. The lowest BCUT2D eigenvalue weighted by Crippen LogP contribution is -2.14. The van der Waals surface area contributed by atoms with E-state index in [4.69, 9.17) is 0 Å². The maximum absolute atomic E-state index is 12.8. The highest BCUT2D eigenvalue weighted by Crippen LogP contribution is 2.25. The number of rotatable bonds is 5. The predicted octanol–water partition coefficient (Wildman–Crippen LogP) is 5.17. The number of non-ortho nitro benzene ring substituents is 1. The third kappa shape index (κ3) is 4.36. The second-order valence-electron chi connectivity index (χ2n) is 6.73. The second kappa shape index (κ2) is 8.49. The van der Waals surface area contributed by atoms with Gasteiger partial charge in [0.05, 0.1) is 10.6 Å². The zero-order valence-electron chi connectivity index (χ0n) is 16.3. The van der Waals surface area contributed by atoms with E-state index in [9.17, 15) is 14.9 Å². The molecule has 154 valence electrons. The van der Waals surface area contributed by atoms with Crippen LogP contribution in [0.25, 0.3) is 17.1 Å². The van der Waals surface area contributed by atoms with Crippen LogP contribution in [0.15, 0.2) is 77.3 Å². The first-order chi connectivity index (χ1) is 14.9. The monoisotopic (exact) mass is 477 g/mol. The summed E-state index contributed by atoms with van der Waals surface area (Å²) in [4.78, 5) is 27.8. The van der Waals surface area contributed by atoms with Crippen LogP contribution in [0.1, 0.15) is 16.2 Å². The van der Waals surface area contributed by atoms with E-state index in [0.29, 0.717) is 5.82 Å². The van der Waals surface area contributed by atoms with Crippen molar-refractivity contribution in [1.29, 1.82) is 0 Å². The Bertz CT molecular complexity index is 1280. The maximum Gasteiger partial charge on any atom is 0.295 e. The molecule has 8 nitrogen and oxygen atoms in total. The van der Waals surface area contributed by atoms with Crippen molar-refractivity contribution in [2.24, 2.45) is 0 Å². The molecule has 1 amide bonds. The van der Waals surface area contributed by atoms with Gasteiger partial charge < -0.3 is 5.32 Å². The van der Waals surface area contributed by atoms with E-state index >= 15 is 0 Å². The van der Waals surface area contributed by atoms with Gasteiger partial charge in [-0.2, -0.15) is 0 Å². The number of benzene rings is 3.